The maximum absolute atomic E-state index is 13.2. The van der Waals surface area contributed by atoms with Crippen LogP contribution in [0.25, 0.3) is 0 Å². The van der Waals surface area contributed by atoms with Crippen molar-refractivity contribution in [1.82, 2.24) is 5.32 Å². The Morgan fingerprint density at radius 1 is 1.19 bits per heavy atom. The number of carbonyl (C=O) groups excluding carboxylic acids is 3. The zero-order valence-electron chi connectivity index (χ0n) is 17.7. The van der Waals surface area contributed by atoms with Gasteiger partial charge < -0.3 is 15.8 Å². The molecule has 2 atom stereocenters. The van der Waals surface area contributed by atoms with Gasteiger partial charge in [0.25, 0.3) is 5.91 Å². The number of nitrogens with two attached hydrogens (primary N) is 1. The van der Waals surface area contributed by atoms with Crippen LogP contribution in [0.4, 0.5) is 10.1 Å². The third-order valence-corrected chi connectivity index (χ3v) is 5.05. The second kappa shape index (κ2) is 10.5. The summed E-state index contributed by atoms with van der Waals surface area (Å²) in [5.41, 5.74) is 6.95. The van der Waals surface area contributed by atoms with Gasteiger partial charge in [-0.3, -0.25) is 19.4 Å². The van der Waals surface area contributed by atoms with Crippen LogP contribution in [-0.2, 0) is 25.5 Å². The lowest BCUT2D eigenvalue weighted by molar-refractivity contribution is -0.147. The van der Waals surface area contributed by atoms with E-state index in [2.05, 4.69) is 10.4 Å². The zero-order valence-corrected chi connectivity index (χ0v) is 17.7. The van der Waals surface area contributed by atoms with Gasteiger partial charge in [-0.2, -0.15) is 5.10 Å². The molecule has 1 aliphatic rings. The molecule has 0 spiro atoms. The number of hydrazone groups is 1. The molecule has 0 bridgehead atoms. The van der Waals surface area contributed by atoms with Crippen molar-refractivity contribution in [2.45, 2.75) is 25.8 Å². The molecule has 0 saturated heterocycles. The summed E-state index contributed by atoms with van der Waals surface area (Å²) in [4.78, 5) is 37.0. The van der Waals surface area contributed by atoms with Crippen molar-refractivity contribution >= 4 is 29.2 Å². The van der Waals surface area contributed by atoms with Gasteiger partial charge in [0.2, 0.25) is 5.91 Å². The van der Waals surface area contributed by atoms with E-state index in [-0.39, 0.29) is 25.3 Å². The SMILES string of the molecule is CCOC(=O)C(CNC(=O)C1=NN(c2ccc(F)cc2)C(C(N)=O)C1)Cc1ccccc1. The van der Waals surface area contributed by atoms with E-state index in [0.29, 0.717) is 12.1 Å². The number of nitrogens with one attached hydrogen (secondary N) is 1. The molecule has 9 heteroatoms. The van der Waals surface area contributed by atoms with E-state index >= 15 is 0 Å². The van der Waals surface area contributed by atoms with E-state index in [1.807, 2.05) is 30.3 Å². The van der Waals surface area contributed by atoms with Crippen LogP contribution in [0, 0.1) is 11.7 Å². The first-order valence-corrected chi connectivity index (χ1v) is 10.3. The molecule has 3 N–H and O–H groups in total. The first-order chi connectivity index (χ1) is 15.4. The lowest BCUT2D eigenvalue weighted by atomic mass is 9.99. The van der Waals surface area contributed by atoms with Crippen LogP contribution in [0.5, 0.6) is 0 Å². The van der Waals surface area contributed by atoms with E-state index in [1.54, 1.807) is 6.92 Å². The van der Waals surface area contributed by atoms with E-state index in [1.165, 1.54) is 29.3 Å². The highest BCUT2D eigenvalue weighted by Gasteiger charge is 2.35. The molecule has 2 amide bonds. The number of halogens is 1. The highest BCUT2D eigenvalue weighted by atomic mass is 19.1. The number of amides is 2. The standard InChI is InChI=1S/C23H25FN4O4/c1-2-32-23(31)16(12-15-6-4-3-5-7-15)14-26-22(30)19-13-20(21(25)29)28(27-19)18-10-8-17(24)9-11-18/h3-11,16,20H,2,12-14H2,1H3,(H2,25,29)(H,26,30). The van der Waals surface area contributed by atoms with Crippen LogP contribution < -0.4 is 16.1 Å². The normalized spacial score (nSPS) is 16.2. The number of hydrogen-bond donors (Lipinski definition) is 2. The van der Waals surface area contributed by atoms with E-state index in [9.17, 15) is 18.8 Å². The quantitative estimate of drug-likeness (QED) is 0.577. The van der Waals surface area contributed by atoms with Gasteiger partial charge in [0.1, 0.15) is 17.6 Å². The van der Waals surface area contributed by atoms with E-state index < -0.39 is 35.6 Å². The number of anilines is 1. The lowest BCUT2D eigenvalue weighted by Gasteiger charge is -2.20. The van der Waals surface area contributed by atoms with Crippen LogP contribution in [-0.4, -0.2) is 42.7 Å². The topological polar surface area (TPSA) is 114 Å². The first-order valence-electron chi connectivity index (χ1n) is 10.3. The fourth-order valence-electron chi connectivity index (χ4n) is 3.42. The van der Waals surface area contributed by atoms with Crippen molar-refractivity contribution in [2.75, 3.05) is 18.2 Å². The molecule has 1 heterocycles. The zero-order chi connectivity index (χ0) is 23.1. The maximum atomic E-state index is 13.2. The van der Waals surface area contributed by atoms with Gasteiger partial charge in [0.05, 0.1) is 18.2 Å². The molecule has 8 nitrogen and oxygen atoms in total. The average Bonchev–Trinajstić information content (AvgIpc) is 3.24. The Bertz CT molecular complexity index is 995. The van der Waals surface area contributed by atoms with Gasteiger partial charge in [-0.05, 0) is 43.2 Å². The Hall–Kier alpha value is -3.75. The smallest absolute Gasteiger partial charge is 0.311 e. The van der Waals surface area contributed by atoms with Crippen molar-refractivity contribution in [3.05, 3.63) is 66.0 Å². The summed E-state index contributed by atoms with van der Waals surface area (Å²) < 4.78 is 18.4. The average molecular weight is 440 g/mol. The molecule has 168 valence electrons. The van der Waals surface area contributed by atoms with Crippen LogP contribution in [0.15, 0.2) is 59.7 Å². The summed E-state index contributed by atoms with van der Waals surface area (Å²) >= 11 is 0. The van der Waals surface area contributed by atoms with E-state index in [0.717, 1.165) is 5.56 Å². The van der Waals surface area contributed by atoms with Gasteiger partial charge in [0, 0.05) is 13.0 Å². The van der Waals surface area contributed by atoms with Crippen molar-refractivity contribution < 1.29 is 23.5 Å². The predicted octanol–water partition coefficient (Wildman–Crippen LogP) is 1.78. The van der Waals surface area contributed by atoms with Gasteiger partial charge in [-0.1, -0.05) is 30.3 Å². The molecule has 0 fully saturated rings. The number of hydrogen-bond acceptors (Lipinski definition) is 6. The predicted molar refractivity (Wildman–Crippen MR) is 117 cm³/mol. The number of ether oxygens (including phenoxy) is 1. The Morgan fingerprint density at radius 2 is 1.88 bits per heavy atom. The fraction of sp³-hybridized carbons (Fsp3) is 0.304. The highest BCUT2D eigenvalue weighted by molar-refractivity contribution is 6.40. The van der Waals surface area contributed by atoms with Crippen molar-refractivity contribution in [3.8, 4) is 0 Å². The number of rotatable bonds is 9. The Balaban J connectivity index is 1.70. The van der Waals surface area contributed by atoms with Crippen LogP contribution in [0.1, 0.15) is 18.9 Å². The number of carbonyl (C=O) groups is 3. The van der Waals surface area contributed by atoms with Gasteiger partial charge >= 0.3 is 5.97 Å². The first kappa shape index (κ1) is 22.9. The molecule has 0 aromatic heterocycles. The molecular weight excluding hydrogens is 415 g/mol. The summed E-state index contributed by atoms with van der Waals surface area (Å²) in [6.07, 6.45) is 0.402. The molecule has 2 aromatic carbocycles. The molecule has 0 saturated carbocycles. The number of primary amides is 1. The van der Waals surface area contributed by atoms with Gasteiger partial charge in [0.15, 0.2) is 0 Å². The van der Waals surface area contributed by atoms with Crippen molar-refractivity contribution in [1.29, 1.82) is 0 Å². The van der Waals surface area contributed by atoms with Crippen molar-refractivity contribution in [2.24, 2.45) is 16.8 Å². The van der Waals surface area contributed by atoms with Crippen LogP contribution >= 0.6 is 0 Å². The highest BCUT2D eigenvalue weighted by Crippen LogP contribution is 2.25. The molecular formula is C23H25FN4O4. The van der Waals surface area contributed by atoms with E-state index in [4.69, 9.17) is 10.5 Å². The van der Waals surface area contributed by atoms with Gasteiger partial charge in [-0.15, -0.1) is 0 Å². The van der Waals surface area contributed by atoms with Crippen LogP contribution in [0.2, 0.25) is 0 Å². The summed E-state index contributed by atoms with van der Waals surface area (Å²) in [5.74, 6) is -2.59. The number of benzene rings is 2. The second-order valence-electron chi connectivity index (χ2n) is 7.34. The largest absolute Gasteiger partial charge is 0.466 e. The summed E-state index contributed by atoms with van der Waals surface area (Å²) in [7, 11) is 0. The minimum atomic E-state index is -0.869. The summed E-state index contributed by atoms with van der Waals surface area (Å²) in [5, 5.41) is 8.26. The number of nitrogens with zero attached hydrogens (tertiary/aromatic N) is 2. The Labute approximate surface area is 185 Å². The summed E-state index contributed by atoms with van der Waals surface area (Å²) in [6.45, 7) is 2.00. The molecule has 0 aliphatic carbocycles. The summed E-state index contributed by atoms with van der Waals surface area (Å²) in [6, 6.07) is 13.9. The second-order valence-corrected chi connectivity index (χ2v) is 7.34. The van der Waals surface area contributed by atoms with Crippen molar-refractivity contribution in [3.63, 3.8) is 0 Å². The van der Waals surface area contributed by atoms with Crippen LogP contribution in [0.3, 0.4) is 0 Å². The fourth-order valence-corrected chi connectivity index (χ4v) is 3.42. The monoisotopic (exact) mass is 440 g/mol. The number of esters is 1. The Kier molecular flexibility index (Phi) is 7.54. The minimum Gasteiger partial charge on any atom is -0.466 e. The lowest BCUT2D eigenvalue weighted by Crippen LogP contribution is -2.40. The van der Waals surface area contributed by atoms with Gasteiger partial charge in [-0.25, -0.2) is 4.39 Å². The minimum absolute atomic E-state index is 0.00129. The maximum Gasteiger partial charge on any atom is 0.311 e. The molecule has 3 rings (SSSR count). The molecule has 2 aromatic rings. The molecule has 1 aliphatic heterocycles. The third kappa shape index (κ3) is 5.69. The third-order valence-electron chi connectivity index (χ3n) is 5.05. The molecule has 0 radical (unpaired) electrons. The molecule has 2 unspecified atom stereocenters. The Morgan fingerprint density at radius 3 is 2.50 bits per heavy atom. The molecule has 32 heavy (non-hydrogen) atoms.